The van der Waals surface area contributed by atoms with Gasteiger partial charge in [-0.25, -0.2) is 9.18 Å². The first kappa shape index (κ1) is 20.3. The van der Waals surface area contributed by atoms with Crippen molar-refractivity contribution in [3.63, 3.8) is 0 Å². The molecule has 2 amide bonds. The predicted molar refractivity (Wildman–Crippen MR) is 105 cm³/mol. The van der Waals surface area contributed by atoms with Crippen LogP contribution in [0.25, 0.3) is 11.0 Å². The Morgan fingerprint density at radius 3 is 2.52 bits per heavy atom. The van der Waals surface area contributed by atoms with Crippen LogP contribution in [0.4, 0.5) is 10.1 Å². The zero-order chi connectivity index (χ0) is 21.0. The number of nitrogens with one attached hydrogen (secondary N) is 4. The lowest BCUT2D eigenvalue weighted by Crippen LogP contribution is -2.32. The number of hydrogen-bond donors (Lipinski definition) is 4. The SMILES string of the molecule is O=C(COC(=O)CNC(=O)c1ccccc1F)Nc1cc2[nH]c(=O)[nH]c2cc1Br. The van der Waals surface area contributed by atoms with Gasteiger partial charge in [0.05, 0.1) is 22.3 Å². The molecule has 0 saturated carbocycles. The van der Waals surface area contributed by atoms with Gasteiger partial charge in [0.15, 0.2) is 6.61 Å². The Morgan fingerprint density at radius 2 is 1.79 bits per heavy atom. The molecule has 0 aliphatic rings. The minimum Gasteiger partial charge on any atom is -0.454 e. The van der Waals surface area contributed by atoms with Crippen molar-refractivity contribution in [2.24, 2.45) is 0 Å². The number of anilines is 1. The highest BCUT2D eigenvalue weighted by Gasteiger charge is 2.14. The van der Waals surface area contributed by atoms with E-state index in [1.54, 1.807) is 6.07 Å². The summed E-state index contributed by atoms with van der Waals surface area (Å²) in [7, 11) is 0. The lowest BCUT2D eigenvalue weighted by atomic mass is 10.2. The lowest BCUT2D eigenvalue weighted by Gasteiger charge is -2.09. The van der Waals surface area contributed by atoms with E-state index in [1.165, 1.54) is 24.3 Å². The number of ether oxygens (including phenoxy) is 1. The third-order valence-corrected chi connectivity index (χ3v) is 4.41. The van der Waals surface area contributed by atoms with Crippen LogP contribution in [0.5, 0.6) is 0 Å². The molecule has 9 nitrogen and oxygen atoms in total. The van der Waals surface area contributed by atoms with Crippen molar-refractivity contribution in [1.82, 2.24) is 15.3 Å². The number of carbonyl (C=O) groups excluding carboxylic acids is 3. The Kier molecular flexibility index (Phi) is 6.07. The molecule has 0 aliphatic heterocycles. The molecule has 0 aliphatic carbocycles. The summed E-state index contributed by atoms with van der Waals surface area (Å²) in [5, 5.41) is 4.74. The standard InChI is InChI=1S/C18H14BrFN4O5/c19-10-5-13-14(24-18(28)23-13)6-12(10)22-15(25)8-29-16(26)7-21-17(27)9-3-1-2-4-11(9)20/h1-6H,7-8H2,(H,21,27)(H,22,25)(H2,23,24,28). The van der Waals surface area contributed by atoms with Gasteiger partial charge in [0, 0.05) is 4.47 Å². The Bertz CT molecular complexity index is 1160. The van der Waals surface area contributed by atoms with E-state index in [1.807, 2.05) is 0 Å². The topological polar surface area (TPSA) is 133 Å². The number of rotatable bonds is 6. The van der Waals surface area contributed by atoms with Gasteiger partial charge in [-0.15, -0.1) is 0 Å². The highest BCUT2D eigenvalue weighted by molar-refractivity contribution is 9.10. The molecule has 0 saturated heterocycles. The summed E-state index contributed by atoms with van der Waals surface area (Å²) in [4.78, 5) is 52.0. The number of carbonyl (C=O) groups is 3. The number of amides is 2. The monoisotopic (exact) mass is 464 g/mol. The summed E-state index contributed by atoms with van der Waals surface area (Å²) in [5.74, 6) is -2.99. The minimum absolute atomic E-state index is 0.207. The molecule has 0 atom stereocenters. The average molecular weight is 465 g/mol. The Balaban J connectivity index is 1.49. The second-order valence-electron chi connectivity index (χ2n) is 5.83. The fourth-order valence-corrected chi connectivity index (χ4v) is 2.87. The van der Waals surface area contributed by atoms with Gasteiger partial charge in [-0.1, -0.05) is 12.1 Å². The smallest absolute Gasteiger partial charge is 0.325 e. The maximum absolute atomic E-state index is 13.5. The van der Waals surface area contributed by atoms with Crippen LogP contribution in [0.15, 0.2) is 45.7 Å². The van der Waals surface area contributed by atoms with Gasteiger partial charge < -0.3 is 25.3 Å². The van der Waals surface area contributed by atoms with Crippen LogP contribution in [0.1, 0.15) is 10.4 Å². The van der Waals surface area contributed by atoms with Gasteiger partial charge in [-0.05, 0) is 40.2 Å². The Hall–Kier alpha value is -3.47. The second-order valence-corrected chi connectivity index (χ2v) is 6.68. The number of aromatic nitrogens is 2. The van der Waals surface area contributed by atoms with Gasteiger partial charge in [0.1, 0.15) is 12.4 Å². The van der Waals surface area contributed by atoms with Crippen LogP contribution in [0.3, 0.4) is 0 Å². The van der Waals surface area contributed by atoms with Crippen molar-refractivity contribution in [2.45, 2.75) is 0 Å². The maximum Gasteiger partial charge on any atom is 0.325 e. The molecule has 0 unspecified atom stereocenters. The summed E-state index contributed by atoms with van der Waals surface area (Å²) < 4.78 is 18.8. The fourth-order valence-electron chi connectivity index (χ4n) is 2.43. The normalized spacial score (nSPS) is 10.6. The summed E-state index contributed by atoms with van der Waals surface area (Å²) in [5.41, 5.74) is 0.808. The molecule has 11 heteroatoms. The van der Waals surface area contributed by atoms with Crippen molar-refractivity contribution < 1.29 is 23.5 Å². The molecule has 0 bridgehead atoms. The van der Waals surface area contributed by atoms with Gasteiger partial charge in [-0.2, -0.15) is 0 Å². The third-order valence-electron chi connectivity index (χ3n) is 3.75. The number of halogens is 2. The number of esters is 1. The van der Waals surface area contributed by atoms with Crippen LogP contribution in [0, 0.1) is 5.82 Å². The third kappa shape index (κ3) is 5.08. The lowest BCUT2D eigenvalue weighted by molar-refractivity contribution is -0.146. The molecule has 29 heavy (non-hydrogen) atoms. The molecule has 3 aromatic rings. The molecule has 2 aromatic carbocycles. The first-order valence-corrected chi connectivity index (χ1v) is 9.02. The second kappa shape index (κ2) is 8.69. The van der Waals surface area contributed by atoms with E-state index in [0.29, 0.717) is 21.2 Å². The molecule has 0 spiro atoms. The highest BCUT2D eigenvalue weighted by atomic mass is 79.9. The van der Waals surface area contributed by atoms with E-state index in [-0.39, 0.29) is 11.3 Å². The largest absolute Gasteiger partial charge is 0.454 e. The summed E-state index contributed by atoms with van der Waals surface area (Å²) in [6.45, 7) is -1.12. The van der Waals surface area contributed by atoms with Crippen LogP contribution < -0.4 is 16.3 Å². The molecule has 1 heterocycles. The number of aromatic amines is 2. The molecule has 0 radical (unpaired) electrons. The van der Waals surface area contributed by atoms with E-state index in [4.69, 9.17) is 4.74 Å². The molecular weight excluding hydrogens is 451 g/mol. The first-order chi connectivity index (χ1) is 13.8. The number of H-pyrrole nitrogens is 2. The van der Waals surface area contributed by atoms with Crippen molar-refractivity contribution >= 4 is 50.4 Å². The summed E-state index contributed by atoms with van der Waals surface area (Å²) in [6, 6.07) is 8.45. The van der Waals surface area contributed by atoms with Crippen molar-refractivity contribution in [2.75, 3.05) is 18.5 Å². The Labute approximate surface area is 170 Å². The molecule has 3 rings (SSSR count). The fraction of sp³-hybridized carbons (Fsp3) is 0.111. The van der Waals surface area contributed by atoms with Gasteiger partial charge in [-0.3, -0.25) is 14.4 Å². The quantitative estimate of drug-likeness (QED) is 0.411. The number of hydrogen-bond acceptors (Lipinski definition) is 5. The maximum atomic E-state index is 13.5. The molecule has 4 N–H and O–H groups in total. The molecule has 1 aromatic heterocycles. The zero-order valence-electron chi connectivity index (χ0n) is 14.7. The zero-order valence-corrected chi connectivity index (χ0v) is 16.3. The Morgan fingerprint density at radius 1 is 1.10 bits per heavy atom. The van der Waals surface area contributed by atoms with Crippen LogP contribution in [-0.4, -0.2) is 40.9 Å². The van der Waals surface area contributed by atoms with Gasteiger partial charge in [0.25, 0.3) is 11.8 Å². The van der Waals surface area contributed by atoms with E-state index >= 15 is 0 Å². The summed E-state index contributed by atoms with van der Waals surface area (Å²) in [6.07, 6.45) is 0. The van der Waals surface area contributed by atoms with E-state index in [2.05, 4.69) is 36.5 Å². The first-order valence-electron chi connectivity index (χ1n) is 8.23. The van der Waals surface area contributed by atoms with E-state index in [0.717, 1.165) is 6.07 Å². The molecule has 0 fully saturated rings. The summed E-state index contributed by atoms with van der Waals surface area (Å²) >= 11 is 3.27. The van der Waals surface area contributed by atoms with Crippen LogP contribution >= 0.6 is 15.9 Å². The van der Waals surface area contributed by atoms with Gasteiger partial charge >= 0.3 is 11.7 Å². The van der Waals surface area contributed by atoms with Crippen molar-refractivity contribution in [1.29, 1.82) is 0 Å². The predicted octanol–water partition coefficient (Wildman–Crippen LogP) is 1.67. The average Bonchev–Trinajstić information content (AvgIpc) is 3.03. The van der Waals surface area contributed by atoms with Crippen molar-refractivity contribution in [3.8, 4) is 0 Å². The van der Waals surface area contributed by atoms with Gasteiger partial charge in [0.2, 0.25) is 0 Å². The number of imidazole rings is 1. The molecule has 150 valence electrons. The van der Waals surface area contributed by atoms with Crippen molar-refractivity contribution in [3.05, 3.63) is 62.7 Å². The van der Waals surface area contributed by atoms with Crippen LogP contribution in [0.2, 0.25) is 0 Å². The highest BCUT2D eigenvalue weighted by Crippen LogP contribution is 2.26. The van der Waals surface area contributed by atoms with Crippen LogP contribution in [-0.2, 0) is 14.3 Å². The number of benzene rings is 2. The number of fused-ring (bicyclic) bond motifs is 1. The van der Waals surface area contributed by atoms with E-state index < -0.39 is 36.8 Å². The molecular formula is C18H14BrFN4O5. The minimum atomic E-state index is -0.866. The van der Waals surface area contributed by atoms with E-state index in [9.17, 15) is 23.6 Å².